The van der Waals surface area contributed by atoms with Gasteiger partial charge in [-0.15, -0.1) is 0 Å². The SMILES string of the molecule is O=C(Nc1ccnn1C[C@H]1CCOC1)[C@H]1CC(=O)N(c2cccc(Cl)c2)C1. The Morgan fingerprint density at radius 2 is 2.26 bits per heavy atom. The van der Waals surface area contributed by atoms with E-state index in [-0.39, 0.29) is 18.2 Å². The Hall–Kier alpha value is -2.38. The van der Waals surface area contributed by atoms with Crippen molar-refractivity contribution < 1.29 is 14.3 Å². The number of anilines is 2. The lowest BCUT2D eigenvalue weighted by atomic mass is 10.1. The van der Waals surface area contributed by atoms with Crippen molar-refractivity contribution in [3.8, 4) is 0 Å². The maximum atomic E-state index is 12.7. The molecule has 2 atom stereocenters. The number of carbonyl (C=O) groups excluding carboxylic acids is 2. The zero-order valence-electron chi connectivity index (χ0n) is 14.8. The number of nitrogens with zero attached hydrogens (tertiary/aromatic N) is 3. The Morgan fingerprint density at radius 1 is 1.37 bits per heavy atom. The van der Waals surface area contributed by atoms with Gasteiger partial charge in [0.25, 0.3) is 0 Å². The van der Waals surface area contributed by atoms with Gasteiger partial charge in [-0.1, -0.05) is 17.7 Å². The molecule has 142 valence electrons. The van der Waals surface area contributed by atoms with Gasteiger partial charge in [-0.25, -0.2) is 4.68 Å². The van der Waals surface area contributed by atoms with Crippen LogP contribution in [0, 0.1) is 11.8 Å². The molecule has 2 amide bonds. The number of hydrogen-bond acceptors (Lipinski definition) is 4. The lowest BCUT2D eigenvalue weighted by Gasteiger charge is -2.17. The molecule has 1 aromatic heterocycles. The number of halogens is 1. The third-order valence-corrected chi connectivity index (χ3v) is 5.27. The zero-order chi connectivity index (χ0) is 18.8. The second-order valence-electron chi connectivity index (χ2n) is 7.00. The molecule has 1 aromatic carbocycles. The first-order chi connectivity index (χ1) is 13.1. The number of aromatic nitrogens is 2. The Labute approximate surface area is 162 Å². The molecule has 2 aromatic rings. The van der Waals surface area contributed by atoms with E-state index >= 15 is 0 Å². The van der Waals surface area contributed by atoms with Crippen molar-refractivity contribution in [3.63, 3.8) is 0 Å². The van der Waals surface area contributed by atoms with Crippen molar-refractivity contribution in [1.82, 2.24) is 9.78 Å². The van der Waals surface area contributed by atoms with Crippen molar-refractivity contribution >= 4 is 34.9 Å². The normalized spacial score (nSPS) is 22.4. The van der Waals surface area contributed by atoms with Crippen LogP contribution in [-0.2, 0) is 20.9 Å². The molecule has 0 saturated carbocycles. The van der Waals surface area contributed by atoms with Gasteiger partial charge in [-0.3, -0.25) is 9.59 Å². The fourth-order valence-electron chi connectivity index (χ4n) is 3.56. The van der Waals surface area contributed by atoms with Crippen LogP contribution in [0.15, 0.2) is 36.5 Å². The van der Waals surface area contributed by atoms with Gasteiger partial charge in [-0.2, -0.15) is 5.10 Å². The third-order valence-electron chi connectivity index (χ3n) is 5.04. The first kappa shape index (κ1) is 18.0. The monoisotopic (exact) mass is 388 g/mol. The molecule has 0 bridgehead atoms. The molecule has 8 heteroatoms. The van der Waals surface area contributed by atoms with Crippen LogP contribution in [0.1, 0.15) is 12.8 Å². The van der Waals surface area contributed by atoms with Crippen LogP contribution in [-0.4, -0.2) is 41.4 Å². The molecule has 0 spiro atoms. The van der Waals surface area contributed by atoms with Crippen LogP contribution in [0.2, 0.25) is 5.02 Å². The lowest BCUT2D eigenvalue weighted by molar-refractivity contribution is -0.122. The van der Waals surface area contributed by atoms with Crippen molar-refractivity contribution in [2.24, 2.45) is 11.8 Å². The lowest BCUT2D eigenvalue weighted by Crippen LogP contribution is -2.29. The molecule has 1 N–H and O–H groups in total. The maximum absolute atomic E-state index is 12.7. The van der Waals surface area contributed by atoms with E-state index in [1.807, 2.05) is 6.07 Å². The van der Waals surface area contributed by atoms with Crippen molar-refractivity contribution in [1.29, 1.82) is 0 Å². The molecule has 0 radical (unpaired) electrons. The molecule has 7 nitrogen and oxygen atoms in total. The number of amides is 2. The molecule has 2 aliphatic heterocycles. The number of carbonyl (C=O) groups is 2. The summed E-state index contributed by atoms with van der Waals surface area (Å²) in [6.07, 6.45) is 2.85. The summed E-state index contributed by atoms with van der Waals surface area (Å²) in [5.74, 6) is 0.411. The highest BCUT2D eigenvalue weighted by Gasteiger charge is 2.35. The van der Waals surface area contributed by atoms with Crippen molar-refractivity contribution in [3.05, 3.63) is 41.6 Å². The molecule has 0 unspecified atom stereocenters. The van der Waals surface area contributed by atoms with Crippen LogP contribution >= 0.6 is 11.6 Å². The van der Waals surface area contributed by atoms with Crippen LogP contribution < -0.4 is 10.2 Å². The summed E-state index contributed by atoms with van der Waals surface area (Å²) in [7, 11) is 0. The van der Waals surface area contributed by atoms with Gasteiger partial charge in [0.1, 0.15) is 5.82 Å². The van der Waals surface area contributed by atoms with Crippen LogP contribution in [0.25, 0.3) is 0 Å². The van der Waals surface area contributed by atoms with Gasteiger partial charge >= 0.3 is 0 Å². The number of benzene rings is 1. The van der Waals surface area contributed by atoms with E-state index in [9.17, 15) is 9.59 Å². The highest BCUT2D eigenvalue weighted by molar-refractivity contribution is 6.31. The van der Waals surface area contributed by atoms with Gasteiger partial charge in [0.2, 0.25) is 11.8 Å². The first-order valence-corrected chi connectivity index (χ1v) is 9.44. The molecular formula is C19H21ClN4O3. The van der Waals surface area contributed by atoms with Crippen molar-refractivity contribution in [2.75, 3.05) is 30.0 Å². The fourth-order valence-corrected chi connectivity index (χ4v) is 3.75. The second-order valence-corrected chi connectivity index (χ2v) is 7.44. The number of nitrogens with one attached hydrogen (secondary N) is 1. The average Bonchev–Trinajstić information content (AvgIpc) is 3.38. The summed E-state index contributed by atoms with van der Waals surface area (Å²) in [5.41, 5.74) is 0.717. The van der Waals surface area contributed by atoms with E-state index in [4.69, 9.17) is 16.3 Å². The molecular weight excluding hydrogens is 368 g/mol. The van der Waals surface area contributed by atoms with Gasteiger partial charge < -0.3 is 15.0 Å². The van der Waals surface area contributed by atoms with E-state index in [0.29, 0.717) is 35.5 Å². The summed E-state index contributed by atoms with van der Waals surface area (Å²) >= 11 is 6.02. The minimum absolute atomic E-state index is 0.0750. The third kappa shape index (κ3) is 3.99. The molecule has 4 rings (SSSR count). The topological polar surface area (TPSA) is 76.5 Å². The summed E-state index contributed by atoms with van der Waals surface area (Å²) in [6.45, 7) is 2.55. The summed E-state index contributed by atoms with van der Waals surface area (Å²) < 4.78 is 7.20. The van der Waals surface area contributed by atoms with Gasteiger partial charge in [0.05, 0.1) is 18.7 Å². The summed E-state index contributed by atoms with van der Waals surface area (Å²) in [5, 5.41) is 7.79. The number of ether oxygens (including phenoxy) is 1. The fraction of sp³-hybridized carbons (Fsp3) is 0.421. The quantitative estimate of drug-likeness (QED) is 0.854. The van der Waals surface area contributed by atoms with Crippen LogP contribution in [0.5, 0.6) is 0 Å². The molecule has 0 aliphatic carbocycles. The minimum Gasteiger partial charge on any atom is -0.381 e. The average molecular weight is 389 g/mol. The standard InChI is InChI=1S/C19H21ClN4O3/c20-15-2-1-3-16(9-15)23-11-14(8-18(23)25)19(26)22-17-4-6-21-24(17)10-13-5-7-27-12-13/h1-4,6,9,13-14H,5,7-8,10-12H2,(H,22,26)/t13-,14+/m1/s1. The molecule has 3 heterocycles. The van der Waals surface area contributed by atoms with E-state index < -0.39 is 5.92 Å². The Kier molecular flexibility index (Phi) is 5.13. The highest BCUT2D eigenvalue weighted by Crippen LogP contribution is 2.28. The predicted molar refractivity (Wildman–Crippen MR) is 102 cm³/mol. The van der Waals surface area contributed by atoms with E-state index in [0.717, 1.165) is 19.6 Å². The summed E-state index contributed by atoms with van der Waals surface area (Å²) in [6, 6.07) is 8.89. The predicted octanol–water partition coefficient (Wildman–Crippen LogP) is 2.56. The highest BCUT2D eigenvalue weighted by atomic mass is 35.5. The van der Waals surface area contributed by atoms with Gasteiger partial charge in [0.15, 0.2) is 0 Å². The zero-order valence-corrected chi connectivity index (χ0v) is 15.6. The first-order valence-electron chi connectivity index (χ1n) is 9.06. The Bertz CT molecular complexity index is 847. The maximum Gasteiger partial charge on any atom is 0.230 e. The minimum atomic E-state index is -0.408. The van der Waals surface area contributed by atoms with Crippen LogP contribution in [0.3, 0.4) is 0 Å². The van der Waals surface area contributed by atoms with E-state index in [1.165, 1.54) is 0 Å². The summed E-state index contributed by atoms with van der Waals surface area (Å²) in [4.78, 5) is 26.7. The van der Waals surface area contributed by atoms with Gasteiger partial charge in [0, 0.05) is 48.8 Å². The van der Waals surface area contributed by atoms with Gasteiger partial charge in [-0.05, 0) is 24.6 Å². The Balaban J connectivity index is 1.41. The molecule has 2 saturated heterocycles. The molecule has 27 heavy (non-hydrogen) atoms. The number of hydrogen-bond donors (Lipinski definition) is 1. The largest absolute Gasteiger partial charge is 0.381 e. The van der Waals surface area contributed by atoms with Crippen LogP contribution in [0.4, 0.5) is 11.5 Å². The molecule has 2 aliphatic rings. The Morgan fingerprint density at radius 3 is 3.04 bits per heavy atom. The van der Waals surface area contributed by atoms with Crippen molar-refractivity contribution in [2.45, 2.75) is 19.4 Å². The smallest absolute Gasteiger partial charge is 0.230 e. The van der Waals surface area contributed by atoms with E-state index in [1.54, 1.807) is 40.0 Å². The molecule has 2 fully saturated rings. The second kappa shape index (κ2) is 7.70. The van der Waals surface area contributed by atoms with E-state index in [2.05, 4.69) is 10.4 Å². The number of rotatable bonds is 5.